The van der Waals surface area contributed by atoms with Crippen molar-refractivity contribution in [3.63, 3.8) is 0 Å². The zero-order valence-corrected chi connectivity index (χ0v) is 18.4. The van der Waals surface area contributed by atoms with Crippen LogP contribution in [0.1, 0.15) is 51.5 Å². The molecule has 2 aromatic carbocycles. The highest BCUT2D eigenvalue weighted by Crippen LogP contribution is 2.41. The van der Waals surface area contributed by atoms with Crippen LogP contribution in [0.15, 0.2) is 34.7 Å². The van der Waals surface area contributed by atoms with Gasteiger partial charge in [0.1, 0.15) is 18.1 Å². The van der Waals surface area contributed by atoms with Crippen LogP contribution in [0.3, 0.4) is 0 Å². The van der Waals surface area contributed by atoms with Gasteiger partial charge >= 0.3 is 5.97 Å². The van der Waals surface area contributed by atoms with Gasteiger partial charge in [0.25, 0.3) is 0 Å². The van der Waals surface area contributed by atoms with Crippen LogP contribution in [-0.4, -0.2) is 41.5 Å². The van der Waals surface area contributed by atoms with Crippen molar-refractivity contribution in [3.8, 4) is 11.3 Å². The fourth-order valence-electron chi connectivity index (χ4n) is 4.17. The Hall–Kier alpha value is -3.74. The molecule has 0 atom stereocenters. The van der Waals surface area contributed by atoms with E-state index in [0.29, 0.717) is 33.6 Å². The Morgan fingerprint density at radius 1 is 0.969 bits per heavy atom. The van der Waals surface area contributed by atoms with Crippen molar-refractivity contribution in [2.75, 3.05) is 13.2 Å². The summed E-state index contributed by atoms with van der Waals surface area (Å²) in [5.41, 5.74) is 2.71. The molecule has 1 heterocycles. The van der Waals surface area contributed by atoms with E-state index in [1.54, 1.807) is 6.92 Å². The Balaban J connectivity index is 1.78. The minimum Gasteiger partial charge on any atom is -0.464 e. The van der Waals surface area contributed by atoms with Gasteiger partial charge in [0.2, 0.25) is 17.5 Å². The third-order valence-corrected chi connectivity index (χ3v) is 5.88. The van der Waals surface area contributed by atoms with E-state index in [4.69, 9.17) is 9.15 Å². The van der Waals surface area contributed by atoms with E-state index in [1.807, 2.05) is 37.3 Å². The first-order chi connectivity index (χ1) is 15.2. The molecule has 0 N–H and O–H groups in total. The molecule has 0 bridgehead atoms. The van der Waals surface area contributed by atoms with Gasteiger partial charge in [-0.1, -0.05) is 24.3 Å². The van der Waals surface area contributed by atoms with Crippen molar-refractivity contribution < 1.29 is 28.3 Å². The molecule has 7 heteroatoms. The van der Waals surface area contributed by atoms with E-state index >= 15 is 0 Å². The number of ether oxygens (including phenoxy) is 1. The second-order valence-corrected chi connectivity index (χ2v) is 7.95. The van der Waals surface area contributed by atoms with Gasteiger partial charge in [0.05, 0.1) is 18.7 Å². The average Bonchev–Trinajstić information content (AvgIpc) is 3.07. The molecule has 4 rings (SSSR count). The summed E-state index contributed by atoms with van der Waals surface area (Å²) >= 11 is 0. The lowest BCUT2D eigenvalue weighted by molar-refractivity contribution is -0.143. The number of nitrogens with zero attached hydrogens (tertiary/aromatic N) is 1. The summed E-state index contributed by atoms with van der Waals surface area (Å²) in [4.78, 5) is 50.7. The van der Waals surface area contributed by atoms with Crippen LogP contribution >= 0.6 is 0 Å². The van der Waals surface area contributed by atoms with Crippen LogP contribution in [0.5, 0.6) is 0 Å². The fourth-order valence-corrected chi connectivity index (χ4v) is 4.17. The molecule has 7 nitrogen and oxygen atoms in total. The largest absolute Gasteiger partial charge is 0.464 e. The number of hydrogen-bond acceptors (Lipinski definition) is 6. The smallest absolute Gasteiger partial charge is 0.302 e. The molecule has 0 radical (unpaired) electrons. The summed E-state index contributed by atoms with van der Waals surface area (Å²) < 4.78 is 11.0. The molecule has 164 valence electrons. The topological polar surface area (TPSA) is 93.9 Å². The van der Waals surface area contributed by atoms with Crippen LogP contribution in [0.4, 0.5) is 0 Å². The van der Waals surface area contributed by atoms with Gasteiger partial charge in [-0.25, -0.2) is 0 Å². The zero-order valence-electron chi connectivity index (χ0n) is 18.4. The minimum absolute atomic E-state index is 0.0555. The van der Waals surface area contributed by atoms with E-state index in [0.717, 1.165) is 10.9 Å². The predicted octanol–water partition coefficient (Wildman–Crippen LogP) is 4.01. The number of carbonyl (C=O) groups excluding carboxylic acids is 4. The monoisotopic (exact) mass is 433 g/mol. The molecule has 1 aliphatic carbocycles. The molecule has 0 spiro atoms. The summed E-state index contributed by atoms with van der Waals surface area (Å²) in [5, 5.41) is 1.63. The minimum atomic E-state index is -0.608. The lowest BCUT2D eigenvalue weighted by atomic mass is 9.83. The number of furan rings is 1. The summed E-state index contributed by atoms with van der Waals surface area (Å²) in [6.07, 6.45) is 0. The van der Waals surface area contributed by atoms with Gasteiger partial charge in [0, 0.05) is 30.5 Å². The molecule has 32 heavy (non-hydrogen) atoms. The highest BCUT2D eigenvalue weighted by molar-refractivity contribution is 6.54. The van der Waals surface area contributed by atoms with E-state index in [1.165, 1.54) is 18.7 Å². The Kier molecular flexibility index (Phi) is 5.42. The maximum absolute atomic E-state index is 13.1. The van der Waals surface area contributed by atoms with Crippen LogP contribution in [-0.2, 0) is 20.9 Å². The molecule has 0 aliphatic heterocycles. The standard InChI is InChI=1S/C25H23NO6/c1-13-6-5-7-18-17(13)8-9-19-22(18)24(30)23(29)21-14(2)20(32-25(19)21)12-26(15(3)27)10-11-31-16(4)28/h5-9H,10-12H2,1-4H3. The van der Waals surface area contributed by atoms with E-state index in [-0.39, 0.29) is 31.2 Å². The number of carbonyl (C=O) groups is 4. The highest BCUT2D eigenvalue weighted by atomic mass is 16.5. The van der Waals surface area contributed by atoms with Crippen molar-refractivity contribution in [3.05, 3.63) is 58.3 Å². The Labute approximate surface area is 184 Å². The lowest BCUT2D eigenvalue weighted by Crippen LogP contribution is -2.32. The van der Waals surface area contributed by atoms with Crippen LogP contribution in [0.2, 0.25) is 0 Å². The first-order valence-corrected chi connectivity index (χ1v) is 10.3. The third-order valence-electron chi connectivity index (χ3n) is 5.88. The van der Waals surface area contributed by atoms with Crippen molar-refractivity contribution in [2.24, 2.45) is 0 Å². The molecule has 0 saturated carbocycles. The van der Waals surface area contributed by atoms with Crippen LogP contribution < -0.4 is 0 Å². The number of benzene rings is 2. The van der Waals surface area contributed by atoms with Gasteiger partial charge in [-0.2, -0.15) is 0 Å². The van der Waals surface area contributed by atoms with Gasteiger partial charge in [-0.05, 0) is 36.2 Å². The second-order valence-electron chi connectivity index (χ2n) is 7.95. The number of Topliss-reactive ketones (excluding diaryl/α,β-unsaturated/α-hetero) is 2. The van der Waals surface area contributed by atoms with Crippen molar-refractivity contribution in [2.45, 2.75) is 34.2 Å². The lowest BCUT2D eigenvalue weighted by Gasteiger charge is -2.19. The highest BCUT2D eigenvalue weighted by Gasteiger charge is 2.37. The average molecular weight is 433 g/mol. The Morgan fingerprint density at radius 2 is 1.69 bits per heavy atom. The molecular weight excluding hydrogens is 410 g/mol. The van der Waals surface area contributed by atoms with Gasteiger partial charge in [-0.3, -0.25) is 19.2 Å². The number of aryl methyl sites for hydroxylation is 1. The van der Waals surface area contributed by atoms with Crippen molar-refractivity contribution >= 4 is 34.2 Å². The number of esters is 1. The second kappa shape index (κ2) is 8.07. The number of fused-ring (bicyclic) bond motifs is 5. The summed E-state index contributed by atoms with van der Waals surface area (Å²) in [6, 6.07) is 9.38. The summed E-state index contributed by atoms with van der Waals surface area (Å²) in [7, 11) is 0. The Bertz CT molecular complexity index is 1300. The number of hydrogen-bond donors (Lipinski definition) is 0. The van der Waals surface area contributed by atoms with Crippen LogP contribution in [0.25, 0.3) is 22.1 Å². The van der Waals surface area contributed by atoms with Gasteiger partial charge in [-0.15, -0.1) is 0 Å². The SMILES string of the molecule is CC(=O)OCCN(Cc1oc2c(c1C)C(=O)C(=O)c1c-2ccc2c(C)cccc12)C(C)=O. The van der Waals surface area contributed by atoms with Gasteiger partial charge in [0.15, 0.2) is 0 Å². The normalized spacial score (nSPS) is 12.5. The summed E-state index contributed by atoms with van der Waals surface area (Å²) in [6.45, 7) is 6.71. The fraction of sp³-hybridized carbons (Fsp3) is 0.280. The van der Waals surface area contributed by atoms with Gasteiger partial charge < -0.3 is 14.1 Å². The molecule has 1 aromatic heterocycles. The maximum atomic E-state index is 13.1. The summed E-state index contributed by atoms with van der Waals surface area (Å²) in [5.74, 6) is -1.05. The molecule has 0 fully saturated rings. The third kappa shape index (κ3) is 3.49. The number of ketones is 2. The quantitative estimate of drug-likeness (QED) is 0.446. The molecule has 1 amide bonds. The predicted molar refractivity (Wildman–Crippen MR) is 118 cm³/mol. The van der Waals surface area contributed by atoms with E-state index in [2.05, 4.69) is 0 Å². The number of rotatable bonds is 5. The zero-order chi connectivity index (χ0) is 23.2. The maximum Gasteiger partial charge on any atom is 0.302 e. The molecule has 1 aliphatic rings. The molecular formula is C25H23NO6. The first kappa shape index (κ1) is 21.5. The molecule has 3 aromatic rings. The van der Waals surface area contributed by atoms with Crippen molar-refractivity contribution in [1.29, 1.82) is 0 Å². The Morgan fingerprint density at radius 3 is 2.38 bits per heavy atom. The molecule has 0 saturated heterocycles. The van der Waals surface area contributed by atoms with Crippen LogP contribution in [0, 0.1) is 13.8 Å². The van der Waals surface area contributed by atoms with Crippen molar-refractivity contribution in [1.82, 2.24) is 4.90 Å². The molecule has 0 unspecified atom stereocenters. The van der Waals surface area contributed by atoms with E-state index < -0.39 is 17.5 Å². The van der Waals surface area contributed by atoms with E-state index in [9.17, 15) is 19.2 Å². The number of amides is 1. The first-order valence-electron chi connectivity index (χ1n) is 10.3.